The first kappa shape index (κ1) is 24.8. The molecule has 9 nitrogen and oxygen atoms in total. The van der Waals surface area contributed by atoms with E-state index < -0.39 is 37.4 Å². The minimum absolute atomic E-state index is 0.0667. The third kappa shape index (κ3) is 4.75. The van der Waals surface area contributed by atoms with E-state index >= 15 is 0 Å². The highest BCUT2D eigenvalue weighted by molar-refractivity contribution is 7.90. The van der Waals surface area contributed by atoms with Gasteiger partial charge in [0, 0.05) is 42.3 Å². The van der Waals surface area contributed by atoms with Crippen molar-refractivity contribution >= 4 is 32.5 Å². The van der Waals surface area contributed by atoms with Gasteiger partial charge in [0.25, 0.3) is 21.6 Å². The number of ether oxygens (including phenoxy) is 1. The molecule has 0 radical (unpaired) electrons. The van der Waals surface area contributed by atoms with E-state index in [9.17, 15) is 32.1 Å². The molecule has 3 aromatic carbocycles. The summed E-state index contributed by atoms with van der Waals surface area (Å²) in [6, 6.07) is 10.9. The number of rotatable bonds is 7. The van der Waals surface area contributed by atoms with Crippen LogP contribution >= 0.6 is 0 Å². The molecule has 186 valence electrons. The fourth-order valence-corrected chi connectivity index (χ4v) is 4.93. The van der Waals surface area contributed by atoms with Gasteiger partial charge >= 0.3 is 0 Å². The second kappa shape index (κ2) is 9.38. The maximum Gasteiger partial charge on any atom is 0.270 e. The van der Waals surface area contributed by atoms with Crippen molar-refractivity contribution in [3.63, 3.8) is 0 Å². The predicted octanol–water partition coefficient (Wildman–Crippen LogP) is 4.08. The normalized spacial score (nSPS) is 11.4. The molecule has 4 rings (SSSR count). The molecule has 0 bridgehead atoms. The molecule has 0 saturated carbocycles. The molecule has 0 atom stereocenters. The zero-order valence-corrected chi connectivity index (χ0v) is 19.8. The average molecular weight is 515 g/mol. The van der Waals surface area contributed by atoms with Crippen molar-refractivity contribution in [3.05, 3.63) is 99.2 Å². The van der Waals surface area contributed by atoms with Crippen LogP contribution < -0.4 is 9.46 Å². The van der Waals surface area contributed by atoms with Crippen molar-refractivity contribution in [2.24, 2.45) is 7.05 Å². The molecule has 0 fully saturated rings. The molecule has 36 heavy (non-hydrogen) atoms. The van der Waals surface area contributed by atoms with Crippen molar-refractivity contribution in [1.29, 1.82) is 0 Å². The number of nitro benzene ring substituents is 1. The van der Waals surface area contributed by atoms with Crippen LogP contribution in [-0.4, -0.2) is 30.9 Å². The van der Waals surface area contributed by atoms with Crippen LogP contribution in [0.4, 0.5) is 14.5 Å². The first-order valence-corrected chi connectivity index (χ1v) is 11.9. The van der Waals surface area contributed by atoms with Crippen molar-refractivity contribution in [2.75, 3.05) is 7.11 Å². The van der Waals surface area contributed by atoms with Gasteiger partial charge in [-0.3, -0.25) is 14.9 Å². The molecule has 0 saturated heterocycles. The van der Waals surface area contributed by atoms with E-state index in [0.29, 0.717) is 23.1 Å². The number of hydrogen-bond acceptors (Lipinski definition) is 6. The number of amides is 1. The molecule has 0 spiro atoms. The maximum absolute atomic E-state index is 14.0. The Balaban J connectivity index is 1.68. The fraction of sp³-hybridized carbons (Fsp3) is 0.125. The van der Waals surface area contributed by atoms with Crippen LogP contribution in [0.15, 0.2) is 65.7 Å². The topological polar surface area (TPSA) is 121 Å². The molecular formula is C24H19F2N3O6S. The number of carbonyl (C=O) groups is 1. The second-order valence-corrected chi connectivity index (χ2v) is 9.60. The number of nitrogens with one attached hydrogen (secondary N) is 1. The molecule has 0 aliphatic rings. The van der Waals surface area contributed by atoms with Crippen LogP contribution in [0, 0.1) is 21.7 Å². The number of aromatic nitrogens is 1. The summed E-state index contributed by atoms with van der Waals surface area (Å²) >= 11 is 0. The monoisotopic (exact) mass is 515 g/mol. The quantitative estimate of drug-likeness (QED) is 0.293. The highest BCUT2D eigenvalue weighted by Gasteiger charge is 2.25. The molecule has 12 heteroatoms. The third-order valence-corrected chi connectivity index (χ3v) is 6.94. The minimum Gasteiger partial charge on any atom is -0.496 e. The predicted molar refractivity (Wildman–Crippen MR) is 126 cm³/mol. The van der Waals surface area contributed by atoms with Gasteiger partial charge in [0.2, 0.25) is 0 Å². The molecule has 0 unspecified atom stereocenters. The summed E-state index contributed by atoms with van der Waals surface area (Å²) < 4.78 is 61.1. The van der Waals surface area contributed by atoms with Crippen LogP contribution in [0.25, 0.3) is 10.9 Å². The summed E-state index contributed by atoms with van der Waals surface area (Å²) in [5.74, 6) is -3.32. The van der Waals surface area contributed by atoms with E-state index in [1.165, 1.54) is 31.4 Å². The van der Waals surface area contributed by atoms with Gasteiger partial charge < -0.3 is 9.30 Å². The van der Waals surface area contributed by atoms with Gasteiger partial charge in [-0.2, -0.15) is 0 Å². The van der Waals surface area contributed by atoms with Crippen molar-refractivity contribution in [2.45, 2.75) is 11.3 Å². The summed E-state index contributed by atoms with van der Waals surface area (Å²) in [6.07, 6.45) is 2.07. The Labute approximate surface area is 204 Å². The molecule has 0 aliphatic carbocycles. The van der Waals surface area contributed by atoms with Crippen LogP contribution in [0.3, 0.4) is 0 Å². The fourth-order valence-electron chi connectivity index (χ4n) is 3.90. The largest absolute Gasteiger partial charge is 0.496 e. The Kier molecular flexibility index (Phi) is 6.46. The van der Waals surface area contributed by atoms with Crippen LogP contribution in [0.5, 0.6) is 5.75 Å². The lowest BCUT2D eigenvalue weighted by Gasteiger charge is -2.12. The lowest BCUT2D eigenvalue weighted by molar-refractivity contribution is -0.384. The zero-order chi connectivity index (χ0) is 26.2. The van der Waals surface area contributed by atoms with Gasteiger partial charge in [-0.15, -0.1) is 0 Å². The number of sulfonamides is 1. The SMILES string of the molecule is COc1ccc(Cc2cn(C)c3ccc([N+](=O)[O-])cc23)cc1C(=O)NS(=O)(=O)c1ccc(F)cc1F. The maximum atomic E-state index is 14.0. The van der Waals surface area contributed by atoms with Crippen LogP contribution in [-0.2, 0) is 23.5 Å². The summed E-state index contributed by atoms with van der Waals surface area (Å²) in [5, 5.41) is 11.9. The van der Waals surface area contributed by atoms with E-state index in [-0.39, 0.29) is 23.4 Å². The molecule has 1 aromatic heterocycles. The molecule has 4 aromatic rings. The number of non-ortho nitro benzene ring substituents is 1. The third-order valence-electron chi connectivity index (χ3n) is 5.58. The standard InChI is InChI=1S/C24H19F2N3O6S/c1-28-13-15(18-12-17(29(31)32)5-6-21(18)28)9-14-3-7-22(35-2)19(10-14)24(30)27-36(33,34)23-8-4-16(25)11-20(23)26/h3-8,10-13H,9H2,1-2H3,(H,27,30). The second-order valence-electron chi connectivity index (χ2n) is 7.94. The van der Waals surface area contributed by atoms with Crippen LogP contribution in [0.2, 0.25) is 0 Å². The number of nitrogens with zero attached hydrogens (tertiary/aromatic N) is 2. The Morgan fingerprint density at radius 1 is 1.11 bits per heavy atom. The number of carbonyl (C=O) groups excluding carboxylic acids is 1. The van der Waals surface area contributed by atoms with E-state index in [2.05, 4.69) is 0 Å². The molecule has 0 aliphatic heterocycles. The van der Waals surface area contributed by atoms with Crippen molar-refractivity contribution in [1.82, 2.24) is 9.29 Å². The molecule has 1 amide bonds. The highest BCUT2D eigenvalue weighted by atomic mass is 32.2. The molecule has 1 N–H and O–H groups in total. The summed E-state index contributed by atoms with van der Waals surface area (Å²) in [5.41, 5.74) is 1.91. The van der Waals surface area contributed by atoms with Crippen molar-refractivity contribution in [3.8, 4) is 5.75 Å². The number of halogens is 2. The summed E-state index contributed by atoms with van der Waals surface area (Å²) in [7, 11) is -1.56. The number of fused-ring (bicyclic) bond motifs is 1. The minimum atomic E-state index is -4.65. The summed E-state index contributed by atoms with van der Waals surface area (Å²) in [6.45, 7) is 0. The van der Waals surface area contributed by atoms with Gasteiger partial charge in [0.1, 0.15) is 22.3 Å². The Bertz CT molecular complexity index is 1630. The number of aryl methyl sites for hydroxylation is 1. The molecular weight excluding hydrogens is 496 g/mol. The van der Waals surface area contributed by atoms with E-state index in [4.69, 9.17) is 4.74 Å². The average Bonchev–Trinajstić information content (AvgIpc) is 3.12. The van der Waals surface area contributed by atoms with Gasteiger partial charge in [0.05, 0.1) is 17.6 Å². The summed E-state index contributed by atoms with van der Waals surface area (Å²) in [4.78, 5) is 22.7. The smallest absolute Gasteiger partial charge is 0.270 e. The lowest BCUT2D eigenvalue weighted by atomic mass is 10.0. The lowest BCUT2D eigenvalue weighted by Crippen LogP contribution is -2.31. The zero-order valence-electron chi connectivity index (χ0n) is 19.0. The first-order chi connectivity index (χ1) is 17.0. The van der Waals surface area contributed by atoms with E-state index in [1.807, 2.05) is 4.57 Å². The Hall–Kier alpha value is -4.32. The number of benzene rings is 3. The first-order valence-electron chi connectivity index (χ1n) is 10.4. The van der Waals surface area contributed by atoms with E-state index in [0.717, 1.165) is 17.1 Å². The number of nitro groups is 1. The van der Waals surface area contributed by atoms with Gasteiger partial charge in [-0.05, 0) is 47.9 Å². The van der Waals surface area contributed by atoms with E-state index in [1.54, 1.807) is 30.1 Å². The van der Waals surface area contributed by atoms with Crippen molar-refractivity contribution < 1.29 is 31.7 Å². The van der Waals surface area contributed by atoms with Gasteiger partial charge in [0.15, 0.2) is 0 Å². The molecule has 1 heterocycles. The van der Waals surface area contributed by atoms with Gasteiger partial charge in [-0.1, -0.05) is 6.07 Å². The highest BCUT2D eigenvalue weighted by Crippen LogP contribution is 2.29. The van der Waals surface area contributed by atoms with Gasteiger partial charge in [-0.25, -0.2) is 21.9 Å². The Morgan fingerprint density at radius 2 is 1.86 bits per heavy atom. The Morgan fingerprint density at radius 3 is 2.53 bits per heavy atom. The number of methoxy groups -OCH3 is 1. The number of hydrogen-bond donors (Lipinski definition) is 1. The van der Waals surface area contributed by atoms with Crippen LogP contribution in [0.1, 0.15) is 21.5 Å².